The minimum absolute atomic E-state index is 0.0978. The Morgan fingerprint density at radius 3 is 0.855 bits per heavy atom. The topological polar surface area (TPSA) is 78.9 Å². The fourth-order valence-corrected chi connectivity index (χ4v) is 9.54. The molecule has 1 unspecified atom stereocenters. The van der Waals surface area contributed by atoms with Crippen molar-refractivity contribution in [3.8, 4) is 0 Å². The SMILES string of the molecule is CC/C=C\C/C=C\C/C=C\C/C=C\C/C=C\CCCC(=O)OC(COC(=O)CCCCCCC/C=C\CCCCCCC)COC(=O)CCCCCCCCCCCCCCCCCCCCCCCCCCCCC. The first-order chi connectivity index (χ1) is 37.5. The van der Waals surface area contributed by atoms with Crippen molar-refractivity contribution in [2.75, 3.05) is 13.2 Å². The summed E-state index contributed by atoms with van der Waals surface area (Å²) in [7, 11) is 0. The van der Waals surface area contributed by atoms with Crippen molar-refractivity contribution in [1.82, 2.24) is 0 Å². The number of unbranched alkanes of at least 4 members (excludes halogenated alkanes) is 37. The average Bonchev–Trinajstić information content (AvgIpc) is 3.42. The Bertz CT molecular complexity index is 1400. The summed E-state index contributed by atoms with van der Waals surface area (Å²) >= 11 is 0. The number of ether oxygens (including phenoxy) is 3. The maximum absolute atomic E-state index is 12.9. The Balaban J connectivity index is 4.29. The summed E-state index contributed by atoms with van der Waals surface area (Å²) < 4.78 is 16.9. The van der Waals surface area contributed by atoms with Crippen LogP contribution in [0.1, 0.15) is 335 Å². The smallest absolute Gasteiger partial charge is 0.306 e. The van der Waals surface area contributed by atoms with Crippen molar-refractivity contribution in [2.24, 2.45) is 0 Å². The van der Waals surface area contributed by atoms with Crippen LogP contribution in [0.2, 0.25) is 0 Å². The first-order valence-corrected chi connectivity index (χ1v) is 32.9. The molecule has 0 N–H and O–H groups in total. The van der Waals surface area contributed by atoms with Gasteiger partial charge in [-0.15, -0.1) is 0 Å². The summed E-state index contributed by atoms with van der Waals surface area (Å²) in [5, 5.41) is 0. The van der Waals surface area contributed by atoms with Crippen LogP contribution < -0.4 is 0 Å². The molecule has 0 fully saturated rings. The van der Waals surface area contributed by atoms with Crippen LogP contribution in [0.4, 0.5) is 0 Å². The van der Waals surface area contributed by atoms with Crippen molar-refractivity contribution in [2.45, 2.75) is 341 Å². The summed E-state index contributed by atoms with van der Waals surface area (Å²) in [6.07, 6.45) is 83.6. The third kappa shape index (κ3) is 61.7. The van der Waals surface area contributed by atoms with E-state index in [4.69, 9.17) is 14.2 Å². The number of rotatable bonds is 60. The van der Waals surface area contributed by atoms with Crippen LogP contribution in [0.5, 0.6) is 0 Å². The lowest BCUT2D eigenvalue weighted by molar-refractivity contribution is -0.167. The maximum atomic E-state index is 12.9. The van der Waals surface area contributed by atoms with Crippen LogP contribution in [-0.4, -0.2) is 37.2 Å². The highest BCUT2D eigenvalue weighted by Gasteiger charge is 2.19. The Kier molecular flexibility index (Phi) is 61.7. The molecular formula is C70H124O6. The maximum Gasteiger partial charge on any atom is 0.306 e. The van der Waals surface area contributed by atoms with Crippen molar-refractivity contribution in [3.05, 3.63) is 72.9 Å². The number of carbonyl (C=O) groups is 3. The molecule has 0 spiro atoms. The molecule has 440 valence electrons. The van der Waals surface area contributed by atoms with Crippen LogP contribution in [0.15, 0.2) is 72.9 Å². The highest BCUT2D eigenvalue weighted by atomic mass is 16.6. The number of carbonyl (C=O) groups excluding carboxylic acids is 3. The minimum Gasteiger partial charge on any atom is -0.462 e. The minimum atomic E-state index is -0.808. The Morgan fingerprint density at radius 2 is 0.526 bits per heavy atom. The van der Waals surface area contributed by atoms with Gasteiger partial charge in [0.2, 0.25) is 0 Å². The lowest BCUT2D eigenvalue weighted by Gasteiger charge is -2.18. The fourth-order valence-electron chi connectivity index (χ4n) is 9.54. The molecule has 6 heteroatoms. The summed E-state index contributed by atoms with van der Waals surface area (Å²) in [6.45, 7) is 6.51. The van der Waals surface area contributed by atoms with E-state index < -0.39 is 6.10 Å². The first kappa shape index (κ1) is 72.8. The molecule has 0 heterocycles. The molecule has 0 aliphatic carbocycles. The van der Waals surface area contributed by atoms with Gasteiger partial charge in [0.25, 0.3) is 0 Å². The second-order valence-corrected chi connectivity index (χ2v) is 22.0. The van der Waals surface area contributed by atoms with E-state index in [1.165, 1.54) is 205 Å². The first-order valence-electron chi connectivity index (χ1n) is 32.9. The normalized spacial score (nSPS) is 12.5. The van der Waals surface area contributed by atoms with Crippen molar-refractivity contribution in [1.29, 1.82) is 0 Å². The second-order valence-electron chi connectivity index (χ2n) is 22.0. The van der Waals surface area contributed by atoms with Gasteiger partial charge in [-0.1, -0.05) is 306 Å². The molecule has 0 saturated heterocycles. The van der Waals surface area contributed by atoms with E-state index in [0.29, 0.717) is 19.3 Å². The predicted octanol–water partition coefficient (Wildman–Crippen LogP) is 22.5. The molecule has 0 radical (unpaired) electrons. The van der Waals surface area contributed by atoms with Crippen molar-refractivity contribution < 1.29 is 28.6 Å². The molecule has 0 aromatic rings. The lowest BCUT2D eigenvalue weighted by Crippen LogP contribution is -2.30. The monoisotopic (exact) mass is 1060 g/mol. The van der Waals surface area contributed by atoms with Crippen LogP contribution in [-0.2, 0) is 28.6 Å². The molecule has 6 nitrogen and oxygen atoms in total. The average molecular weight is 1060 g/mol. The van der Waals surface area contributed by atoms with Gasteiger partial charge in [0.05, 0.1) is 0 Å². The van der Waals surface area contributed by atoms with Crippen molar-refractivity contribution >= 4 is 17.9 Å². The van der Waals surface area contributed by atoms with Gasteiger partial charge in [-0.25, -0.2) is 0 Å². The van der Waals surface area contributed by atoms with Gasteiger partial charge in [0.15, 0.2) is 6.10 Å². The number of allylic oxidation sites excluding steroid dienone is 12. The molecule has 0 aliphatic heterocycles. The standard InChI is InChI=1S/C70H124O6/c1-4-7-10-13-16-19-22-25-28-30-31-32-33-34-35-36-37-38-39-41-42-45-48-51-54-57-60-63-69(72)75-66-67(65-74-68(71)62-59-56-53-50-47-44-27-24-21-18-15-12-9-6-3)76-70(73)64-61-58-55-52-49-46-43-40-29-26-23-20-17-14-11-8-5-2/h8,11,17,20,24,26-27,29,43,46,52,55,67H,4-7,9-10,12-16,18-19,21-23,25,28,30-42,44-45,47-51,53-54,56-66H2,1-3H3/b11-8-,20-17-,27-24-,29-26-,46-43-,55-52-. The molecule has 1 atom stereocenters. The van der Waals surface area contributed by atoms with E-state index in [0.717, 1.165) is 83.5 Å². The largest absolute Gasteiger partial charge is 0.462 e. The van der Waals surface area contributed by atoms with Gasteiger partial charge in [0, 0.05) is 19.3 Å². The number of hydrogen-bond donors (Lipinski definition) is 0. The molecule has 0 aromatic heterocycles. The molecule has 0 aliphatic rings. The van der Waals surface area contributed by atoms with Gasteiger partial charge in [-0.05, 0) is 83.5 Å². The van der Waals surface area contributed by atoms with E-state index in [1.54, 1.807) is 0 Å². The molecular weight excluding hydrogens is 937 g/mol. The van der Waals surface area contributed by atoms with E-state index in [1.807, 2.05) is 0 Å². The van der Waals surface area contributed by atoms with Crippen LogP contribution in [0.3, 0.4) is 0 Å². The number of hydrogen-bond acceptors (Lipinski definition) is 6. The molecule has 0 aromatic carbocycles. The van der Waals surface area contributed by atoms with Crippen LogP contribution in [0.25, 0.3) is 0 Å². The van der Waals surface area contributed by atoms with Gasteiger partial charge >= 0.3 is 17.9 Å². The van der Waals surface area contributed by atoms with Gasteiger partial charge < -0.3 is 14.2 Å². The van der Waals surface area contributed by atoms with Crippen LogP contribution in [0, 0.1) is 0 Å². The fraction of sp³-hybridized carbons (Fsp3) is 0.786. The summed E-state index contributed by atoms with van der Waals surface area (Å²) in [5.74, 6) is -0.950. The zero-order chi connectivity index (χ0) is 55.0. The molecule has 0 rings (SSSR count). The van der Waals surface area contributed by atoms with E-state index in [9.17, 15) is 14.4 Å². The number of esters is 3. The van der Waals surface area contributed by atoms with E-state index in [-0.39, 0.29) is 37.5 Å². The molecule has 76 heavy (non-hydrogen) atoms. The van der Waals surface area contributed by atoms with Gasteiger partial charge in [-0.3, -0.25) is 14.4 Å². The second kappa shape index (κ2) is 64.4. The zero-order valence-corrected chi connectivity index (χ0v) is 50.5. The van der Waals surface area contributed by atoms with Crippen LogP contribution >= 0.6 is 0 Å². The lowest BCUT2D eigenvalue weighted by atomic mass is 10.0. The molecule has 0 bridgehead atoms. The van der Waals surface area contributed by atoms with Gasteiger partial charge in [-0.2, -0.15) is 0 Å². The third-order valence-electron chi connectivity index (χ3n) is 14.4. The Morgan fingerprint density at radius 1 is 0.276 bits per heavy atom. The van der Waals surface area contributed by atoms with E-state index in [2.05, 4.69) is 93.7 Å². The zero-order valence-electron chi connectivity index (χ0n) is 50.5. The highest BCUT2D eigenvalue weighted by molar-refractivity contribution is 5.71. The summed E-state index contributed by atoms with van der Waals surface area (Å²) in [4.78, 5) is 38.3. The highest BCUT2D eigenvalue weighted by Crippen LogP contribution is 2.17. The van der Waals surface area contributed by atoms with Crippen molar-refractivity contribution in [3.63, 3.8) is 0 Å². The molecule has 0 amide bonds. The summed E-state index contributed by atoms with van der Waals surface area (Å²) in [6, 6.07) is 0. The Hall–Kier alpha value is -3.15. The van der Waals surface area contributed by atoms with E-state index >= 15 is 0 Å². The predicted molar refractivity (Wildman–Crippen MR) is 330 cm³/mol. The van der Waals surface area contributed by atoms with Gasteiger partial charge in [0.1, 0.15) is 13.2 Å². The summed E-state index contributed by atoms with van der Waals surface area (Å²) in [5.41, 5.74) is 0. The Labute approximate surface area is 472 Å². The third-order valence-corrected chi connectivity index (χ3v) is 14.4. The quantitative estimate of drug-likeness (QED) is 0.0261. The molecule has 0 saturated carbocycles.